The zero-order valence-corrected chi connectivity index (χ0v) is 9.62. The molecule has 0 spiro atoms. The number of carbonyl (C=O) groups is 1. The van der Waals surface area contributed by atoms with Crippen LogP contribution in [0.3, 0.4) is 0 Å². The van der Waals surface area contributed by atoms with Crippen LogP contribution < -0.4 is 5.32 Å². The van der Waals surface area contributed by atoms with E-state index in [0.717, 1.165) is 22.3 Å². The van der Waals surface area contributed by atoms with Gasteiger partial charge in [-0.1, -0.05) is 6.92 Å². The van der Waals surface area contributed by atoms with Crippen molar-refractivity contribution in [2.75, 3.05) is 11.9 Å². The summed E-state index contributed by atoms with van der Waals surface area (Å²) in [6, 6.07) is 7.30. The van der Waals surface area contributed by atoms with Gasteiger partial charge in [0.2, 0.25) is 0 Å². The fourth-order valence-corrected chi connectivity index (χ4v) is 1.43. The molecule has 0 fully saturated rings. The van der Waals surface area contributed by atoms with Gasteiger partial charge >= 0.3 is 5.97 Å². The predicted molar refractivity (Wildman–Crippen MR) is 63.2 cm³/mol. The second-order valence-electron chi connectivity index (χ2n) is 3.34. The van der Waals surface area contributed by atoms with E-state index in [-0.39, 0.29) is 0 Å². The zero-order chi connectivity index (χ0) is 12.0. The second-order valence-corrected chi connectivity index (χ2v) is 4.20. The van der Waals surface area contributed by atoms with Crippen LogP contribution in [-0.2, 0) is 4.79 Å². The van der Waals surface area contributed by atoms with E-state index in [0.29, 0.717) is 6.54 Å². The fourth-order valence-electron chi connectivity index (χ4n) is 1.05. The summed E-state index contributed by atoms with van der Waals surface area (Å²) in [5.41, 5.74) is 0.857. The van der Waals surface area contributed by atoms with Crippen molar-refractivity contribution in [2.45, 2.75) is 11.8 Å². The van der Waals surface area contributed by atoms with Gasteiger partial charge in [0.15, 0.2) is 0 Å². The Kier molecular flexibility index (Phi) is 4.67. The number of aliphatic carboxylic acids is 1. The van der Waals surface area contributed by atoms with Crippen molar-refractivity contribution >= 4 is 23.4 Å². The molecular weight excluding hydrogens is 224 g/mol. The number of hydrogen-bond acceptors (Lipinski definition) is 4. The van der Waals surface area contributed by atoms with E-state index < -0.39 is 11.9 Å². The Morgan fingerprint density at radius 1 is 1.56 bits per heavy atom. The predicted octanol–water partition coefficient (Wildman–Crippen LogP) is 2.39. The van der Waals surface area contributed by atoms with Crippen LogP contribution in [0.15, 0.2) is 29.2 Å². The molecular formula is C11H12N2O2S. The highest BCUT2D eigenvalue weighted by atomic mass is 32.2. The van der Waals surface area contributed by atoms with Gasteiger partial charge < -0.3 is 10.4 Å². The summed E-state index contributed by atoms with van der Waals surface area (Å²) < 4.78 is 0. The van der Waals surface area contributed by atoms with Gasteiger partial charge in [-0.05, 0) is 36.0 Å². The van der Waals surface area contributed by atoms with E-state index in [9.17, 15) is 4.79 Å². The molecule has 1 aromatic carbocycles. The van der Waals surface area contributed by atoms with Crippen molar-refractivity contribution in [3.05, 3.63) is 24.3 Å². The summed E-state index contributed by atoms with van der Waals surface area (Å²) in [4.78, 5) is 11.5. The lowest BCUT2D eigenvalue weighted by atomic mass is 10.2. The molecule has 1 unspecified atom stereocenters. The molecule has 0 aromatic heterocycles. The summed E-state index contributed by atoms with van der Waals surface area (Å²) in [5.74, 6) is -1.24. The number of benzene rings is 1. The first-order valence-corrected chi connectivity index (χ1v) is 5.58. The fraction of sp³-hybridized carbons (Fsp3) is 0.273. The number of rotatable bonds is 5. The molecule has 1 atom stereocenters. The number of carboxylic acids is 1. The van der Waals surface area contributed by atoms with Crippen molar-refractivity contribution in [1.82, 2.24) is 0 Å². The molecule has 4 nitrogen and oxygen atoms in total. The van der Waals surface area contributed by atoms with Crippen LogP contribution in [0.2, 0.25) is 0 Å². The Labute approximate surface area is 98.3 Å². The number of hydrogen-bond donors (Lipinski definition) is 2. The molecule has 0 saturated carbocycles. The molecule has 5 heteroatoms. The monoisotopic (exact) mass is 236 g/mol. The van der Waals surface area contributed by atoms with E-state index >= 15 is 0 Å². The van der Waals surface area contributed by atoms with Gasteiger partial charge in [0.05, 0.1) is 5.92 Å². The third-order valence-corrected chi connectivity index (χ3v) is 2.65. The van der Waals surface area contributed by atoms with Gasteiger partial charge in [0.25, 0.3) is 0 Å². The minimum Gasteiger partial charge on any atom is -0.481 e. The van der Waals surface area contributed by atoms with Gasteiger partial charge in [-0.3, -0.25) is 4.79 Å². The van der Waals surface area contributed by atoms with Crippen molar-refractivity contribution in [2.24, 2.45) is 5.92 Å². The van der Waals surface area contributed by atoms with Gasteiger partial charge in [-0.2, -0.15) is 5.26 Å². The van der Waals surface area contributed by atoms with Gasteiger partial charge in [0, 0.05) is 17.1 Å². The molecule has 0 bridgehead atoms. The summed E-state index contributed by atoms with van der Waals surface area (Å²) in [7, 11) is 0. The normalized spacial score (nSPS) is 11.5. The lowest BCUT2D eigenvalue weighted by molar-refractivity contribution is -0.140. The Hall–Kier alpha value is -1.67. The highest BCUT2D eigenvalue weighted by Crippen LogP contribution is 2.19. The van der Waals surface area contributed by atoms with E-state index in [2.05, 4.69) is 5.32 Å². The molecule has 84 valence electrons. The third kappa shape index (κ3) is 3.83. The molecule has 0 heterocycles. The van der Waals surface area contributed by atoms with Crippen LogP contribution in [0.1, 0.15) is 6.92 Å². The molecule has 0 saturated heterocycles. The molecule has 1 aromatic rings. The average Bonchev–Trinajstić information content (AvgIpc) is 2.28. The number of carboxylic acid groups (broad SMARTS) is 1. The van der Waals surface area contributed by atoms with Crippen molar-refractivity contribution < 1.29 is 9.90 Å². The summed E-state index contributed by atoms with van der Waals surface area (Å²) in [5, 5.41) is 22.2. The standard InChI is InChI=1S/C11H12N2O2S/c1-8(11(14)15)6-13-9-2-4-10(5-3-9)16-7-12/h2-5,8,13H,6H2,1H3,(H,14,15). The SMILES string of the molecule is CC(CNc1ccc(SC#N)cc1)C(=O)O. The highest BCUT2D eigenvalue weighted by molar-refractivity contribution is 8.03. The van der Waals surface area contributed by atoms with Crippen molar-refractivity contribution in [3.63, 3.8) is 0 Å². The number of thiocyanates is 1. The summed E-state index contributed by atoms with van der Waals surface area (Å²) in [6.07, 6.45) is 0. The summed E-state index contributed by atoms with van der Waals surface area (Å²) >= 11 is 1.10. The average molecular weight is 236 g/mol. The highest BCUT2D eigenvalue weighted by Gasteiger charge is 2.09. The first-order valence-electron chi connectivity index (χ1n) is 4.76. The maximum atomic E-state index is 10.6. The minimum absolute atomic E-state index is 0.389. The van der Waals surface area contributed by atoms with Crippen molar-refractivity contribution in [3.8, 4) is 5.40 Å². The maximum Gasteiger partial charge on any atom is 0.308 e. The van der Waals surface area contributed by atoms with Crippen LogP contribution in [0.4, 0.5) is 5.69 Å². The van der Waals surface area contributed by atoms with E-state index in [1.807, 2.05) is 29.7 Å². The Bertz CT molecular complexity index is 397. The van der Waals surface area contributed by atoms with E-state index in [1.165, 1.54) is 0 Å². The van der Waals surface area contributed by atoms with Crippen LogP contribution in [0, 0.1) is 16.6 Å². The summed E-state index contributed by atoms with van der Waals surface area (Å²) in [6.45, 7) is 2.04. The van der Waals surface area contributed by atoms with Crippen LogP contribution in [0.25, 0.3) is 0 Å². The smallest absolute Gasteiger partial charge is 0.308 e. The van der Waals surface area contributed by atoms with Crippen LogP contribution >= 0.6 is 11.8 Å². The molecule has 1 rings (SSSR count). The van der Waals surface area contributed by atoms with Gasteiger partial charge in [-0.25, -0.2) is 0 Å². The number of thioether (sulfide) groups is 1. The molecule has 0 aliphatic carbocycles. The first kappa shape index (κ1) is 12.4. The zero-order valence-electron chi connectivity index (χ0n) is 8.80. The van der Waals surface area contributed by atoms with Crippen LogP contribution in [0.5, 0.6) is 0 Å². The first-order chi connectivity index (χ1) is 7.63. The molecule has 0 radical (unpaired) electrons. The lowest BCUT2D eigenvalue weighted by Crippen LogP contribution is -2.19. The van der Waals surface area contributed by atoms with E-state index in [1.54, 1.807) is 6.92 Å². The Balaban J connectivity index is 2.50. The largest absolute Gasteiger partial charge is 0.481 e. The van der Waals surface area contributed by atoms with Crippen molar-refractivity contribution in [1.29, 1.82) is 5.26 Å². The van der Waals surface area contributed by atoms with E-state index in [4.69, 9.17) is 10.4 Å². The molecule has 0 aliphatic heterocycles. The molecule has 0 amide bonds. The quantitative estimate of drug-likeness (QED) is 0.606. The third-order valence-electron chi connectivity index (χ3n) is 2.05. The Morgan fingerprint density at radius 2 is 2.19 bits per heavy atom. The maximum absolute atomic E-state index is 10.6. The second kappa shape index (κ2) is 6.03. The van der Waals surface area contributed by atoms with Gasteiger partial charge in [0.1, 0.15) is 5.40 Å². The topological polar surface area (TPSA) is 73.1 Å². The molecule has 16 heavy (non-hydrogen) atoms. The van der Waals surface area contributed by atoms with Gasteiger partial charge in [-0.15, -0.1) is 0 Å². The lowest BCUT2D eigenvalue weighted by Gasteiger charge is -2.09. The molecule has 2 N–H and O–H groups in total. The number of nitriles is 1. The minimum atomic E-state index is -0.816. The van der Waals surface area contributed by atoms with Crippen LogP contribution in [-0.4, -0.2) is 17.6 Å². The number of anilines is 1. The molecule has 0 aliphatic rings. The number of nitrogens with zero attached hydrogens (tertiary/aromatic N) is 1. The Morgan fingerprint density at radius 3 is 2.69 bits per heavy atom. The number of nitrogens with one attached hydrogen (secondary N) is 1.